The third-order valence-electron chi connectivity index (χ3n) is 4.42. The number of nitrogens with zero attached hydrogens (tertiary/aromatic N) is 1. The maximum atomic E-state index is 12.8. The quantitative estimate of drug-likeness (QED) is 0.780. The number of amides is 2. The van der Waals surface area contributed by atoms with E-state index in [2.05, 4.69) is 26.1 Å². The average molecular weight is 282 g/mol. The smallest absolute Gasteiger partial charge is 0.246 e. The number of hydrogen-bond acceptors (Lipinski definition) is 2. The van der Waals surface area contributed by atoms with Crippen LogP contribution < -0.4 is 5.32 Å². The molecule has 1 heterocycles. The number of piperazine rings is 1. The van der Waals surface area contributed by atoms with E-state index >= 15 is 0 Å². The average Bonchev–Trinajstić information content (AvgIpc) is 2.40. The number of unbranched alkanes of at least 4 members (excludes halogenated alkanes) is 1. The van der Waals surface area contributed by atoms with E-state index < -0.39 is 5.54 Å². The van der Waals surface area contributed by atoms with Crippen LogP contribution in [0, 0.1) is 5.92 Å². The summed E-state index contributed by atoms with van der Waals surface area (Å²) in [6, 6.07) is -0.342. The second kappa shape index (κ2) is 7.09. The fraction of sp³-hybridized carbons (Fsp3) is 0.875. The molecule has 4 nitrogen and oxygen atoms in total. The van der Waals surface area contributed by atoms with Gasteiger partial charge in [-0.1, -0.05) is 41.0 Å². The Balaban J connectivity index is 3.04. The Hall–Kier alpha value is -1.06. The highest BCUT2D eigenvalue weighted by molar-refractivity contribution is 5.99. The maximum Gasteiger partial charge on any atom is 0.246 e. The molecule has 1 saturated heterocycles. The van der Waals surface area contributed by atoms with Gasteiger partial charge in [0.1, 0.15) is 11.6 Å². The highest BCUT2D eigenvalue weighted by Gasteiger charge is 2.49. The zero-order chi connectivity index (χ0) is 15.3. The van der Waals surface area contributed by atoms with Crippen molar-refractivity contribution in [2.45, 2.75) is 78.3 Å². The molecule has 116 valence electrons. The molecule has 0 saturated carbocycles. The number of carbonyl (C=O) groups excluding carboxylic acids is 2. The molecule has 0 aromatic carbocycles. The Morgan fingerprint density at radius 3 is 2.25 bits per heavy atom. The van der Waals surface area contributed by atoms with Crippen LogP contribution in [-0.4, -0.2) is 34.8 Å². The lowest BCUT2D eigenvalue weighted by atomic mass is 9.84. The Bertz CT molecular complexity index is 348. The standard InChI is InChI=1S/C16H30N2O2/c1-6-9-10-18-14(19)13(11-12(4)5)17-15(20)16(18,7-2)8-3/h12-13H,6-11H2,1-5H3,(H,17,20). The summed E-state index contributed by atoms with van der Waals surface area (Å²) >= 11 is 0. The van der Waals surface area contributed by atoms with E-state index in [1.54, 1.807) is 0 Å². The minimum Gasteiger partial charge on any atom is -0.342 e. The van der Waals surface area contributed by atoms with Gasteiger partial charge < -0.3 is 10.2 Å². The molecule has 1 fully saturated rings. The van der Waals surface area contributed by atoms with Gasteiger partial charge in [0.2, 0.25) is 11.8 Å². The second-order valence-corrected chi connectivity index (χ2v) is 6.24. The van der Waals surface area contributed by atoms with Gasteiger partial charge in [-0.15, -0.1) is 0 Å². The van der Waals surface area contributed by atoms with E-state index in [9.17, 15) is 9.59 Å². The molecule has 1 unspecified atom stereocenters. The Morgan fingerprint density at radius 2 is 1.80 bits per heavy atom. The van der Waals surface area contributed by atoms with Crippen molar-refractivity contribution in [3.05, 3.63) is 0 Å². The molecule has 0 spiro atoms. The van der Waals surface area contributed by atoms with Gasteiger partial charge in [0.15, 0.2) is 0 Å². The topological polar surface area (TPSA) is 49.4 Å². The molecule has 0 radical (unpaired) electrons. The van der Waals surface area contributed by atoms with Crippen LogP contribution in [0.4, 0.5) is 0 Å². The van der Waals surface area contributed by atoms with Crippen LogP contribution in [0.25, 0.3) is 0 Å². The molecule has 1 rings (SSSR count). The van der Waals surface area contributed by atoms with E-state index in [0.29, 0.717) is 25.3 Å². The van der Waals surface area contributed by atoms with Crippen LogP contribution in [0.1, 0.15) is 66.7 Å². The van der Waals surface area contributed by atoms with Gasteiger partial charge in [0.25, 0.3) is 0 Å². The molecule has 0 bridgehead atoms. The van der Waals surface area contributed by atoms with Crippen LogP contribution >= 0.6 is 0 Å². The fourth-order valence-corrected chi connectivity index (χ4v) is 3.10. The number of nitrogens with one attached hydrogen (secondary N) is 1. The SMILES string of the molecule is CCCCN1C(=O)C(CC(C)C)NC(=O)C1(CC)CC. The summed E-state index contributed by atoms with van der Waals surface area (Å²) in [6.45, 7) is 11.0. The van der Waals surface area contributed by atoms with E-state index in [1.807, 2.05) is 18.7 Å². The molecule has 1 N–H and O–H groups in total. The van der Waals surface area contributed by atoms with Crippen molar-refractivity contribution >= 4 is 11.8 Å². The minimum atomic E-state index is -0.639. The largest absolute Gasteiger partial charge is 0.342 e. The van der Waals surface area contributed by atoms with Gasteiger partial charge in [0, 0.05) is 6.54 Å². The van der Waals surface area contributed by atoms with Crippen molar-refractivity contribution in [3.63, 3.8) is 0 Å². The van der Waals surface area contributed by atoms with Gasteiger partial charge in [-0.3, -0.25) is 9.59 Å². The molecule has 0 aromatic rings. The molecule has 20 heavy (non-hydrogen) atoms. The predicted octanol–water partition coefficient (Wildman–Crippen LogP) is 2.72. The second-order valence-electron chi connectivity index (χ2n) is 6.24. The fourth-order valence-electron chi connectivity index (χ4n) is 3.10. The molecular weight excluding hydrogens is 252 g/mol. The van der Waals surface area contributed by atoms with Gasteiger partial charge in [-0.2, -0.15) is 0 Å². The first-order valence-electron chi connectivity index (χ1n) is 8.05. The molecule has 0 aromatic heterocycles. The lowest BCUT2D eigenvalue weighted by Crippen LogP contribution is -2.70. The van der Waals surface area contributed by atoms with Crippen LogP contribution in [0.2, 0.25) is 0 Å². The van der Waals surface area contributed by atoms with E-state index in [1.165, 1.54) is 0 Å². The summed E-state index contributed by atoms with van der Waals surface area (Å²) in [4.78, 5) is 27.2. The Morgan fingerprint density at radius 1 is 1.20 bits per heavy atom. The highest BCUT2D eigenvalue weighted by Crippen LogP contribution is 2.30. The van der Waals surface area contributed by atoms with Crippen molar-refractivity contribution in [1.82, 2.24) is 10.2 Å². The van der Waals surface area contributed by atoms with Crippen molar-refractivity contribution in [2.24, 2.45) is 5.92 Å². The van der Waals surface area contributed by atoms with E-state index in [-0.39, 0.29) is 17.9 Å². The zero-order valence-corrected chi connectivity index (χ0v) is 13.7. The van der Waals surface area contributed by atoms with Gasteiger partial charge in [-0.25, -0.2) is 0 Å². The van der Waals surface area contributed by atoms with E-state index in [4.69, 9.17) is 0 Å². The third-order valence-corrected chi connectivity index (χ3v) is 4.42. The Kier molecular flexibility index (Phi) is 6.03. The molecule has 1 aliphatic rings. The number of carbonyl (C=O) groups is 2. The summed E-state index contributed by atoms with van der Waals surface area (Å²) in [5, 5.41) is 2.97. The summed E-state index contributed by atoms with van der Waals surface area (Å²) in [6.07, 6.45) is 4.06. The summed E-state index contributed by atoms with van der Waals surface area (Å²) < 4.78 is 0. The van der Waals surface area contributed by atoms with Crippen LogP contribution in [0.15, 0.2) is 0 Å². The van der Waals surface area contributed by atoms with E-state index in [0.717, 1.165) is 19.3 Å². The lowest BCUT2D eigenvalue weighted by molar-refractivity contribution is -0.158. The molecule has 0 aliphatic carbocycles. The summed E-state index contributed by atoms with van der Waals surface area (Å²) in [5.41, 5.74) is -0.639. The lowest BCUT2D eigenvalue weighted by Gasteiger charge is -2.48. The van der Waals surface area contributed by atoms with Crippen molar-refractivity contribution in [3.8, 4) is 0 Å². The molecule has 4 heteroatoms. The molecule has 1 aliphatic heterocycles. The van der Waals surface area contributed by atoms with Crippen molar-refractivity contribution < 1.29 is 9.59 Å². The van der Waals surface area contributed by atoms with Gasteiger partial charge in [0.05, 0.1) is 0 Å². The first-order valence-corrected chi connectivity index (χ1v) is 8.05. The summed E-state index contributed by atoms with van der Waals surface area (Å²) in [5.74, 6) is 0.535. The first-order chi connectivity index (χ1) is 9.42. The van der Waals surface area contributed by atoms with Crippen LogP contribution in [0.3, 0.4) is 0 Å². The van der Waals surface area contributed by atoms with Gasteiger partial charge in [-0.05, 0) is 31.6 Å². The van der Waals surface area contributed by atoms with Crippen LogP contribution in [-0.2, 0) is 9.59 Å². The molecular formula is C16H30N2O2. The third kappa shape index (κ3) is 3.15. The summed E-state index contributed by atoms with van der Waals surface area (Å²) in [7, 11) is 0. The normalized spacial score (nSPS) is 22.3. The Labute approximate surface area is 123 Å². The van der Waals surface area contributed by atoms with Crippen molar-refractivity contribution in [1.29, 1.82) is 0 Å². The maximum absolute atomic E-state index is 12.8. The number of rotatable bonds is 7. The predicted molar refractivity (Wildman–Crippen MR) is 81.3 cm³/mol. The van der Waals surface area contributed by atoms with Crippen molar-refractivity contribution in [2.75, 3.05) is 6.54 Å². The minimum absolute atomic E-state index is 0.0313. The highest BCUT2D eigenvalue weighted by atomic mass is 16.2. The molecule has 1 atom stereocenters. The first kappa shape index (κ1) is 17.0. The number of hydrogen-bond donors (Lipinski definition) is 1. The monoisotopic (exact) mass is 282 g/mol. The van der Waals surface area contributed by atoms with Crippen LogP contribution in [0.5, 0.6) is 0 Å². The molecule has 2 amide bonds. The zero-order valence-electron chi connectivity index (χ0n) is 13.7. The van der Waals surface area contributed by atoms with Gasteiger partial charge >= 0.3 is 0 Å².